The monoisotopic (exact) mass is 339 g/mol. The lowest BCUT2D eigenvalue weighted by molar-refractivity contribution is -0.140. The fraction of sp³-hybridized carbons (Fsp3) is 0.350. The van der Waals surface area contributed by atoms with Crippen LogP contribution in [0.25, 0.3) is 6.08 Å². The zero-order valence-electron chi connectivity index (χ0n) is 14.8. The molecule has 0 bridgehead atoms. The highest BCUT2D eigenvalue weighted by molar-refractivity contribution is 5.98. The number of hydrogen-bond donors (Lipinski definition) is 0. The third kappa shape index (κ3) is 3.63. The van der Waals surface area contributed by atoms with E-state index in [2.05, 4.69) is 17.4 Å². The van der Waals surface area contributed by atoms with Crippen LogP contribution < -0.4 is 0 Å². The third-order valence-corrected chi connectivity index (χ3v) is 4.51. The van der Waals surface area contributed by atoms with Crippen molar-refractivity contribution in [2.24, 2.45) is 0 Å². The number of nitriles is 1. The van der Waals surface area contributed by atoms with Gasteiger partial charge in [-0.25, -0.2) is 4.79 Å². The third-order valence-electron chi connectivity index (χ3n) is 4.51. The fourth-order valence-electron chi connectivity index (χ4n) is 3.02. The Morgan fingerprint density at radius 1 is 1.44 bits per heavy atom. The molecule has 0 aliphatic carbocycles. The van der Waals surface area contributed by atoms with Crippen LogP contribution in [0.5, 0.6) is 0 Å². The van der Waals surface area contributed by atoms with E-state index in [0.717, 1.165) is 27.8 Å². The summed E-state index contributed by atoms with van der Waals surface area (Å²) < 4.78 is 9.75. The van der Waals surface area contributed by atoms with Gasteiger partial charge in [0.2, 0.25) is 0 Å². The molecule has 1 aromatic carbocycles. The van der Waals surface area contributed by atoms with Crippen molar-refractivity contribution in [1.82, 2.24) is 0 Å². The molecule has 0 amide bonds. The summed E-state index contributed by atoms with van der Waals surface area (Å²) in [5.41, 5.74) is 5.08. The Morgan fingerprint density at radius 3 is 2.76 bits per heavy atom. The molecule has 0 atom stereocenters. The summed E-state index contributed by atoms with van der Waals surface area (Å²) >= 11 is 0. The Kier molecular flexibility index (Phi) is 5.76. The first-order chi connectivity index (χ1) is 11.9. The number of allylic oxidation sites excluding steroid dienone is 2. The van der Waals surface area contributed by atoms with Crippen molar-refractivity contribution in [3.8, 4) is 6.07 Å². The topological polar surface area (TPSA) is 76.4 Å². The van der Waals surface area contributed by atoms with Crippen molar-refractivity contribution in [3.63, 3.8) is 0 Å². The number of carbonyl (C=O) groups is 2. The van der Waals surface area contributed by atoms with Gasteiger partial charge in [-0.1, -0.05) is 24.3 Å². The largest absolute Gasteiger partial charge is 0.469 e. The second-order valence-electron chi connectivity index (χ2n) is 5.97. The summed E-state index contributed by atoms with van der Waals surface area (Å²) in [5.74, 6) is -0.703. The van der Waals surface area contributed by atoms with E-state index < -0.39 is 5.97 Å². The molecule has 2 rings (SSSR count). The number of esters is 2. The highest BCUT2D eigenvalue weighted by Crippen LogP contribution is 2.34. The van der Waals surface area contributed by atoms with Gasteiger partial charge < -0.3 is 9.47 Å². The first kappa shape index (κ1) is 18.5. The molecule has 0 saturated carbocycles. The van der Waals surface area contributed by atoms with Gasteiger partial charge in [0.05, 0.1) is 18.2 Å². The quantitative estimate of drug-likeness (QED) is 0.584. The van der Waals surface area contributed by atoms with Gasteiger partial charge in [-0.15, -0.1) is 0 Å². The molecule has 1 aliphatic rings. The Labute approximate surface area is 147 Å². The molecule has 130 valence electrons. The van der Waals surface area contributed by atoms with Crippen molar-refractivity contribution in [1.29, 1.82) is 5.26 Å². The van der Waals surface area contributed by atoms with E-state index in [4.69, 9.17) is 4.74 Å². The van der Waals surface area contributed by atoms with Crippen molar-refractivity contribution < 1.29 is 19.1 Å². The number of carbonyl (C=O) groups excluding carboxylic acids is 2. The minimum absolute atomic E-state index is 0.198. The molecule has 1 heterocycles. The predicted octanol–water partition coefficient (Wildman–Crippen LogP) is 3.62. The van der Waals surface area contributed by atoms with Crippen LogP contribution in [-0.4, -0.2) is 19.0 Å². The van der Waals surface area contributed by atoms with Crippen molar-refractivity contribution in [2.45, 2.75) is 39.7 Å². The number of benzene rings is 1. The van der Waals surface area contributed by atoms with Crippen LogP contribution in [0.15, 0.2) is 18.2 Å². The maximum atomic E-state index is 12.0. The zero-order chi connectivity index (χ0) is 18.6. The van der Waals surface area contributed by atoms with Crippen LogP contribution in [0.2, 0.25) is 0 Å². The Balaban J connectivity index is 2.41. The van der Waals surface area contributed by atoms with Gasteiger partial charge in [-0.3, -0.25) is 4.79 Å². The first-order valence-corrected chi connectivity index (χ1v) is 8.05. The van der Waals surface area contributed by atoms with E-state index in [1.54, 1.807) is 6.08 Å². The number of ether oxygens (including phenoxy) is 2. The molecule has 0 aromatic heterocycles. The van der Waals surface area contributed by atoms with E-state index in [-0.39, 0.29) is 12.6 Å². The molecule has 0 saturated heterocycles. The minimum atomic E-state index is -0.446. The highest BCUT2D eigenvalue weighted by Gasteiger charge is 2.30. The lowest BCUT2D eigenvalue weighted by Gasteiger charge is -2.14. The summed E-state index contributed by atoms with van der Waals surface area (Å²) in [5, 5.41) is 9.61. The summed E-state index contributed by atoms with van der Waals surface area (Å²) in [7, 11) is 1.36. The second-order valence-corrected chi connectivity index (χ2v) is 5.97. The summed E-state index contributed by atoms with van der Waals surface area (Å²) in [6, 6.07) is 2.16. The lowest BCUT2D eigenvalue weighted by atomic mass is 9.86. The maximum absolute atomic E-state index is 12.0. The van der Waals surface area contributed by atoms with Gasteiger partial charge >= 0.3 is 11.9 Å². The highest BCUT2D eigenvalue weighted by atomic mass is 16.5. The van der Waals surface area contributed by atoms with Gasteiger partial charge in [0.25, 0.3) is 0 Å². The molecule has 25 heavy (non-hydrogen) atoms. The number of cyclic esters (lactones) is 1. The standard InChI is InChI=1S/C20H21NO4/c1-5-14-13(3)17-11-25-20(23)19(17)16(10-21)15(14)8-6-12(2)7-9-18(22)24-4/h5-6H,1,7-9,11H2,2-4H3/b12-6+. The molecular weight excluding hydrogens is 318 g/mol. The molecule has 0 fully saturated rings. The van der Waals surface area contributed by atoms with Crippen molar-refractivity contribution >= 4 is 18.0 Å². The number of rotatable bonds is 6. The van der Waals surface area contributed by atoms with Crippen molar-refractivity contribution in [2.75, 3.05) is 7.11 Å². The molecule has 5 heteroatoms. The van der Waals surface area contributed by atoms with Crippen LogP contribution in [0.3, 0.4) is 0 Å². The van der Waals surface area contributed by atoms with Gasteiger partial charge in [-0.2, -0.15) is 5.26 Å². The summed E-state index contributed by atoms with van der Waals surface area (Å²) in [6.45, 7) is 7.89. The Morgan fingerprint density at radius 2 is 2.16 bits per heavy atom. The van der Waals surface area contributed by atoms with Crippen LogP contribution in [0.4, 0.5) is 0 Å². The summed E-state index contributed by atoms with van der Waals surface area (Å²) in [6.07, 6.45) is 5.07. The number of nitrogens with zero attached hydrogens (tertiary/aromatic N) is 1. The lowest BCUT2D eigenvalue weighted by Crippen LogP contribution is -2.07. The maximum Gasteiger partial charge on any atom is 0.340 e. The van der Waals surface area contributed by atoms with Crippen LogP contribution in [0.1, 0.15) is 57.9 Å². The summed E-state index contributed by atoms with van der Waals surface area (Å²) in [4.78, 5) is 23.3. The van der Waals surface area contributed by atoms with E-state index >= 15 is 0 Å². The van der Waals surface area contributed by atoms with Crippen LogP contribution in [-0.2, 0) is 27.3 Å². The predicted molar refractivity (Wildman–Crippen MR) is 93.8 cm³/mol. The van der Waals surface area contributed by atoms with E-state index in [9.17, 15) is 14.9 Å². The van der Waals surface area contributed by atoms with Gasteiger partial charge in [0.1, 0.15) is 12.7 Å². The first-order valence-electron chi connectivity index (χ1n) is 8.05. The second kappa shape index (κ2) is 7.80. The molecule has 1 aromatic rings. The normalized spacial score (nSPS) is 13.0. The smallest absolute Gasteiger partial charge is 0.340 e. The molecule has 0 unspecified atom stereocenters. The van der Waals surface area contributed by atoms with Gasteiger partial charge in [0, 0.05) is 12.0 Å². The van der Waals surface area contributed by atoms with E-state index in [1.165, 1.54) is 7.11 Å². The molecule has 1 aliphatic heterocycles. The van der Waals surface area contributed by atoms with Crippen molar-refractivity contribution in [3.05, 3.63) is 51.6 Å². The molecule has 0 N–H and O–H groups in total. The van der Waals surface area contributed by atoms with Gasteiger partial charge in [0.15, 0.2) is 0 Å². The van der Waals surface area contributed by atoms with Gasteiger partial charge in [-0.05, 0) is 43.4 Å². The molecule has 0 spiro atoms. The fourth-order valence-corrected chi connectivity index (χ4v) is 3.02. The number of methoxy groups -OCH3 is 1. The van der Waals surface area contributed by atoms with Crippen LogP contribution >= 0.6 is 0 Å². The van der Waals surface area contributed by atoms with E-state index in [0.29, 0.717) is 30.4 Å². The molecule has 0 radical (unpaired) electrons. The van der Waals surface area contributed by atoms with E-state index in [1.807, 2.05) is 19.9 Å². The Bertz CT molecular complexity index is 812. The average Bonchev–Trinajstić information content (AvgIpc) is 3.00. The number of fused-ring (bicyclic) bond motifs is 1. The SMILES string of the molecule is C=Cc1c(C)c2c(c(C#N)c1C/C=C(\C)CCC(=O)OC)C(=O)OC2. The van der Waals surface area contributed by atoms with Crippen LogP contribution in [0, 0.1) is 18.3 Å². The molecule has 5 nitrogen and oxygen atoms in total. The molecular formula is C20H21NO4. The average molecular weight is 339 g/mol. The number of hydrogen-bond acceptors (Lipinski definition) is 5. The minimum Gasteiger partial charge on any atom is -0.469 e. The Hall–Kier alpha value is -2.87. The zero-order valence-corrected chi connectivity index (χ0v) is 14.8.